The largest absolute Gasteiger partial charge is 0.268 e. The number of anilines is 2. The Morgan fingerprint density at radius 1 is 0.548 bits per heavy atom. The Labute approximate surface area is 249 Å². The molecule has 2 heterocycles. The minimum atomic E-state index is -0.121. The van der Waals surface area contributed by atoms with E-state index in [0.29, 0.717) is 0 Å². The summed E-state index contributed by atoms with van der Waals surface area (Å²) in [5, 5.41) is 16.1. The molecule has 2 aliphatic rings. The van der Waals surface area contributed by atoms with E-state index in [4.69, 9.17) is 10.2 Å². The van der Waals surface area contributed by atoms with E-state index < -0.39 is 0 Å². The summed E-state index contributed by atoms with van der Waals surface area (Å²) in [6.07, 6.45) is 4.02. The van der Waals surface area contributed by atoms with Crippen molar-refractivity contribution in [2.24, 2.45) is 10.2 Å². The Kier molecular flexibility index (Phi) is 6.60. The summed E-state index contributed by atoms with van der Waals surface area (Å²) in [7, 11) is 8.28. The summed E-state index contributed by atoms with van der Waals surface area (Å²) >= 11 is 0. The monoisotopic (exact) mass is 556 g/mol. The number of rotatable bonds is 6. The molecule has 4 aromatic carbocycles. The summed E-state index contributed by atoms with van der Waals surface area (Å²) in [5.74, 6) is 0. The first-order valence-electron chi connectivity index (χ1n) is 14.5. The van der Waals surface area contributed by atoms with Crippen LogP contribution in [0.2, 0.25) is 0 Å². The van der Waals surface area contributed by atoms with Crippen LogP contribution in [0.15, 0.2) is 95.1 Å². The van der Waals surface area contributed by atoms with Gasteiger partial charge in [0, 0.05) is 48.1 Å². The molecule has 42 heavy (non-hydrogen) atoms. The van der Waals surface area contributed by atoms with Gasteiger partial charge in [0.15, 0.2) is 0 Å². The molecule has 4 aromatic rings. The fourth-order valence-electron chi connectivity index (χ4n) is 6.71. The number of fused-ring (bicyclic) bond motifs is 3. The van der Waals surface area contributed by atoms with Crippen LogP contribution in [-0.4, -0.2) is 61.2 Å². The van der Waals surface area contributed by atoms with Crippen LogP contribution in [0, 0.1) is 0 Å². The van der Waals surface area contributed by atoms with E-state index in [0.717, 1.165) is 22.1 Å². The maximum absolute atomic E-state index is 4.94. The molecular formula is C36H40N6+2. The van der Waals surface area contributed by atoms with Gasteiger partial charge >= 0.3 is 0 Å². The van der Waals surface area contributed by atoms with Gasteiger partial charge in [-0.1, -0.05) is 60.7 Å². The van der Waals surface area contributed by atoms with Crippen molar-refractivity contribution in [3.8, 4) is 0 Å². The van der Waals surface area contributed by atoms with E-state index >= 15 is 0 Å². The van der Waals surface area contributed by atoms with Crippen molar-refractivity contribution >= 4 is 57.4 Å². The van der Waals surface area contributed by atoms with Gasteiger partial charge in [-0.25, -0.2) is 0 Å². The minimum Gasteiger partial charge on any atom is -0.268 e. The first kappa shape index (κ1) is 27.6. The molecule has 0 fully saturated rings. The topological polar surface area (TPSA) is 37.2 Å². The summed E-state index contributed by atoms with van der Waals surface area (Å²) in [6.45, 7) is 9.05. The number of benzene rings is 4. The molecule has 6 rings (SSSR count). The first-order chi connectivity index (χ1) is 20.0. The molecule has 6 heteroatoms. The highest BCUT2D eigenvalue weighted by Gasteiger charge is 2.44. The predicted molar refractivity (Wildman–Crippen MR) is 178 cm³/mol. The van der Waals surface area contributed by atoms with Gasteiger partial charge in [0.25, 0.3) is 0 Å². The summed E-state index contributed by atoms with van der Waals surface area (Å²) in [5.41, 5.74) is 9.30. The lowest BCUT2D eigenvalue weighted by Crippen LogP contribution is -2.30. The Morgan fingerprint density at radius 2 is 0.929 bits per heavy atom. The van der Waals surface area contributed by atoms with Crippen molar-refractivity contribution in [2.45, 2.75) is 38.5 Å². The average Bonchev–Trinajstić information content (AvgIpc) is 3.31. The van der Waals surface area contributed by atoms with E-state index in [9.17, 15) is 0 Å². The van der Waals surface area contributed by atoms with Crippen molar-refractivity contribution in [1.29, 1.82) is 0 Å². The molecule has 0 aromatic heterocycles. The molecule has 0 radical (unpaired) electrons. The lowest BCUT2D eigenvalue weighted by atomic mass is 9.82. The molecule has 6 nitrogen and oxygen atoms in total. The Bertz CT molecular complexity index is 1700. The van der Waals surface area contributed by atoms with E-state index in [1.54, 1.807) is 0 Å². The standard InChI is InChI=1S/C36H40N6/c1-35(2)27-17-9-11-19-31(27)39(5)33(35)23-37-41(7)29-21-13-16-26-25(29)15-14-22-30(26)42(8)38-24-34-36(3,4)28-18-10-12-20-32(28)40(34)6/h9-24H,1-8H3/q+2. The third kappa shape index (κ3) is 4.25. The molecule has 0 aliphatic carbocycles. The zero-order chi connectivity index (χ0) is 29.8. The number of para-hydroxylation sites is 2. The van der Waals surface area contributed by atoms with Crippen molar-refractivity contribution in [1.82, 2.24) is 0 Å². The normalized spacial score (nSPS) is 17.0. The number of hydrogen-bond donors (Lipinski definition) is 0. The van der Waals surface area contributed by atoms with Crippen LogP contribution in [0.1, 0.15) is 38.8 Å². The predicted octanol–water partition coefficient (Wildman–Crippen LogP) is 7.10. The zero-order valence-corrected chi connectivity index (χ0v) is 25.9. The fourth-order valence-corrected chi connectivity index (χ4v) is 6.71. The van der Waals surface area contributed by atoms with E-state index in [1.165, 1.54) is 33.9 Å². The quantitative estimate of drug-likeness (QED) is 0.144. The van der Waals surface area contributed by atoms with Crippen molar-refractivity contribution in [3.05, 3.63) is 96.1 Å². The molecule has 0 saturated heterocycles. The molecule has 2 aliphatic heterocycles. The molecule has 212 valence electrons. The summed E-state index contributed by atoms with van der Waals surface area (Å²) in [6, 6.07) is 29.9. The van der Waals surface area contributed by atoms with Crippen LogP contribution < -0.4 is 10.0 Å². The van der Waals surface area contributed by atoms with E-state index in [-0.39, 0.29) is 10.8 Å². The molecule has 0 unspecified atom stereocenters. The smallest absolute Gasteiger partial charge is 0.212 e. The molecule has 0 spiro atoms. The van der Waals surface area contributed by atoms with Gasteiger partial charge < -0.3 is 0 Å². The highest BCUT2D eigenvalue weighted by Crippen LogP contribution is 2.40. The Balaban J connectivity index is 1.30. The van der Waals surface area contributed by atoms with Crippen molar-refractivity contribution in [3.63, 3.8) is 0 Å². The minimum absolute atomic E-state index is 0.121. The molecule has 0 atom stereocenters. The maximum Gasteiger partial charge on any atom is 0.212 e. The lowest BCUT2D eigenvalue weighted by Gasteiger charge is -2.20. The highest BCUT2D eigenvalue weighted by molar-refractivity contribution is 6.34. The summed E-state index contributed by atoms with van der Waals surface area (Å²) in [4.78, 5) is 0. The molecule has 0 bridgehead atoms. The van der Waals surface area contributed by atoms with Gasteiger partial charge in [-0.2, -0.15) is 19.4 Å². The van der Waals surface area contributed by atoms with Crippen molar-refractivity contribution < 1.29 is 9.15 Å². The number of hydrogen-bond acceptors (Lipinski definition) is 4. The fraction of sp³-hybridized carbons (Fsp3) is 0.278. The lowest BCUT2D eigenvalue weighted by molar-refractivity contribution is -0.400. The third-order valence-corrected chi connectivity index (χ3v) is 9.16. The average molecular weight is 557 g/mol. The first-order valence-corrected chi connectivity index (χ1v) is 14.5. The van der Waals surface area contributed by atoms with Crippen molar-refractivity contribution in [2.75, 3.05) is 38.2 Å². The van der Waals surface area contributed by atoms with Crippen LogP contribution in [0.25, 0.3) is 10.8 Å². The molecular weight excluding hydrogens is 516 g/mol. The zero-order valence-electron chi connectivity index (χ0n) is 25.9. The second-order valence-corrected chi connectivity index (χ2v) is 12.4. The van der Waals surface area contributed by atoms with Crippen LogP contribution in [0.5, 0.6) is 0 Å². The van der Waals surface area contributed by atoms with Gasteiger partial charge in [-0.15, -0.1) is 0 Å². The Hall–Kier alpha value is -4.58. The molecule has 0 amide bonds. The second kappa shape index (κ2) is 10.1. The third-order valence-electron chi connectivity index (χ3n) is 9.16. The number of hydrazone groups is 2. The number of nitrogens with zero attached hydrogens (tertiary/aromatic N) is 6. The van der Waals surface area contributed by atoms with Gasteiger partial charge in [-0.3, -0.25) is 10.0 Å². The van der Waals surface area contributed by atoms with E-state index in [2.05, 4.69) is 136 Å². The Morgan fingerprint density at radius 3 is 1.31 bits per heavy atom. The van der Waals surface area contributed by atoms with Gasteiger partial charge in [-0.05, 0) is 39.8 Å². The van der Waals surface area contributed by atoms with Crippen LogP contribution in [0.3, 0.4) is 0 Å². The van der Waals surface area contributed by atoms with Gasteiger partial charge in [0.1, 0.15) is 26.5 Å². The van der Waals surface area contributed by atoms with Gasteiger partial charge in [0.05, 0.1) is 22.2 Å². The van der Waals surface area contributed by atoms with Crippen LogP contribution in [-0.2, 0) is 10.8 Å². The molecule has 0 N–H and O–H groups in total. The highest BCUT2D eigenvalue weighted by atomic mass is 15.4. The summed E-state index contributed by atoms with van der Waals surface area (Å²) < 4.78 is 4.50. The second-order valence-electron chi connectivity index (χ2n) is 12.4. The van der Waals surface area contributed by atoms with Crippen LogP contribution >= 0.6 is 0 Å². The van der Waals surface area contributed by atoms with Gasteiger partial charge in [0.2, 0.25) is 22.8 Å². The van der Waals surface area contributed by atoms with E-state index in [1.807, 2.05) is 36.5 Å². The SMILES string of the molecule is CN(/N=C/C1=[N+](C)c2ccccc2C1(C)C)c1cccc2c(N(C)/N=C/C3=[N+](C)c4ccccc4C3(C)C)cccc12. The molecule has 0 saturated carbocycles. The maximum atomic E-state index is 4.94. The van der Waals surface area contributed by atoms with Crippen LogP contribution in [0.4, 0.5) is 22.7 Å².